The van der Waals surface area contributed by atoms with E-state index in [0.29, 0.717) is 24.2 Å². The highest BCUT2D eigenvalue weighted by Crippen LogP contribution is 2.36. The van der Waals surface area contributed by atoms with Gasteiger partial charge in [-0.1, -0.05) is 13.8 Å². The fourth-order valence-corrected chi connectivity index (χ4v) is 2.23. The van der Waals surface area contributed by atoms with Gasteiger partial charge in [-0.25, -0.2) is 4.39 Å². The summed E-state index contributed by atoms with van der Waals surface area (Å²) in [5, 5.41) is 2.94. The number of nitrogens with one attached hydrogen (secondary N) is 1. The van der Waals surface area contributed by atoms with Gasteiger partial charge in [-0.2, -0.15) is 0 Å². The Morgan fingerprint density at radius 2 is 2.15 bits per heavy atom. The first-order chi connectivity index (χ1) is 9.40. The van der Waals surface area contributed by atoms with Crippen LogP contribution in [0.3, 0.4) is 0 Å². The van der Waals surface area contributed by atoms with Crippen molar-refractivity contribution in [1.29, 1.82) is 0 Å². The molecule has 2 unspecified atom stereocenters. The highest BCUT2D eigenvalue weighted by Gasteiger charge is 2.27. The van der Waals surface area contributed by atoms with Crippen LogP contribution in [0.1, 0.15) is 50.4 Å². The highest BCUT2D eigenvalue weighted by molar-refractivity contribution is 5.78. The number of fused-ring (bicyclic) bond motifs is 1. The second-order valence-electron chi connectivity index (χ2n) is 5.56. The van der Waals surface area contributed by atoms with Crippen molar-refractivity contribution in [3.8, 4) is 5.75 Å². The van der Waals surface area contributed by atoms with Crippen LogP contribution in [0.2, 0.25) is 0 Å². The van der Waals surface area contributed by atoms with Crippen molar-refractivity contribution in [1.82, 2.24) is 5.32 Å². The Kier molecular flexibility index (Phi) is 4.28. The molecule has 0 saturated heterocycles. The van der Waals surface area contributed by atoms with Gasteiger partial charge in [-0.15, -0.1) is 0 Å². The van der Waals surface area contributed by atoms with E-state index in [9.17, 15) is 9.18 Å². The number of halogens is 1. The second kappa shape index (κ2) is 5.79. The molecule has 1 aliphatic heterocycles. The summed E-state index contributed by atoms with van der Waals surface area (Å²) in [7, 11) is 0. The van der Waals surface area contributed by atoms with Crippen LogP contribution in [0.4, 0.5) is 4.39 Å². The predicted molar refractivity (Wildman–Crippen MR) is 74.8 cm³/mol. The first-order valence-electron chi connectivity index (χ1n) is 6.92. The average Bonchev–Trinajstić information content (AvgIpc) is 2.39. The SMILES string of the molecule is CC(C)C(=O)NC1CCOc2c(F)cc(C(C)N)cc21. The van der Waals surface area contributed by atoms with Crippen molar-refractivity contribution < 1.29 is 13.9 Å². The van der Waals surface area contributed by atoms with Gasteiger partial charge in [-0.3, -0.25) is 4.79 Å². The van der Waals surface area contributed by atoms with E-state index in [1.54, 1.807) is 6.92 Å². The largest absolute Gasteiger partial charge is 0.490 e. The van der Waals surface area contributed by atoms with Crippen LogP contribution in [0.5, 0.6) is 5.75 Å². The van der Waals surface area contributed by atoms with Gasteiger partial charge in [0.15, 0.2) is 11.6 Å². The molecule has 1 aromatic rings. The molecule has 3 N–H and O–H groups in total. The summed E-state index contributed by atoms with van der Waals surface area (Å²) in [4.78, 5) is 11.9. The van der Waals surface area contributed by atoms with Crippen LogP contribution in [0, 0.1) is 11.7 Å². The third kappa shape index (κ3) is 2.93. The van der Waals surface area contributed by atoms with Crippen LogP contribution in [0.25, 0.3) is 0 Å². The summed E-state index contributed by atoms with van der Waals surface area (Å²) in [6.45, 7) is 5.85. The van der Waals surface area contributed by atoms with Gasteiger partial charge in [0, 0.05) is 23.9 Å². The lowest BCUT2D eigenvalue weighted by molar-refractivity contribution is -0.124. The van der Waals surface area contributed by atoms with Crippen molar-refractivity contribution >= 4 is 5.91 Å². The number of benzene rings is 1. The third-order valence-electron chi connectivity index (χ3n) is 3.49. The average molecular weight is 280 g/mol. The number of rotatable bonds is 3. The summed E-state index contributed by atoms with van der Waals surface area (Å²) >= 11 is 0. The van der Waals surface area contributed by atoms with E-state index in [1.807, 2.05) is 19.9 Å². The van der Waals surface area contributed by atoms with E-state index in [1.165, 1.54) is 6.07 Å². The summed E-state index contributed by atoms with van der Waals surface area (Å²) in [5.41, 5.74) is 7.20. The van der Waals surface area contributed by atoms with Gasteiger partial charge in [-0.05, 0) is 24.6 Å². The normalized spacial score (nSPS) is 19.2. The molecular formula is C15H21FN2O2. The Hall–Kier alpha value is -1.62. The van der Waals surface area contributed by atoms with E-state index in [4.69, 9.17) is 10.5 Å². The molecule has 20 heavy (non-hydrogen) atoms. The fourth-order valence-electron chi connectivity index (χ4n) is 2.23. The standard InChI is InChI=1S/C15H21FN2O2/c1-8(2)15(19)18-13-4-5-20-14-11(13)6-10(9(3)17)7-12(14)16/h6-9,13H,4-5,17H2,1-3H3,(H,18,19). The number of hydrogen-bond acceptors (Lipinski definition) is 3. The number of amides is 1. The van der Waals surface area contributed by atoms with Crippen molar-refractivity contribution in [2.75, 3.05) is 6.61 Å². The highest BCUT2D eigenvalue weighted by atomic mass is 19.1. The molecule has 1 amide bonds. The Balaban J connectivity index is 2.36. The fraction of sp³-hybridized carbons (Fsp3) is 0.533. The van der Waals surface area contributed by atoms with Crippen LogP contribution in [0.15, 0.2) is 12.1 Å². The van der Waals surface area contributed by atoms with Gasteiger partial charge in [0.1, 0.15) is 0 Å². The van der Waals surface area contributed by atoms with Gasteiger partial charge < -0.3 is 15.8 Å². The molecule has 1 aromatic carbocycles. The molecule has 0 fully saturated rings. The number of ether oxygens (including phenoxy) is 1. The molecule has 0 spiro atoms. The van der Waals surface area contributed by atoms with Crippen LogP contribution >= 0.6 is 0 Å². The van der Waals surface area contributed by atoms with Gasteiger partial charge in [0.25, 0.3) is 0 Å². The topological polar surface area (TPSA) is 64.3 Å². The molecule has 2 rings (SSSR count). The zero-order valence-electron chi connectivity index (χ0n) is 12.1. The van der Waals surface area contributed by atoms with Gasteiger partial charge >= 0.3 is 0 Å². The minimum absolute atomic E-state index is 0.0468. The maximum absolute atomic E-state index is 14.1. The minimum atomic E-state index is -0.418. The van der Waals surface area contributed by atoms with Crippen molar-refractivity contribution in [2.24, 2.45) is 11.7 Å². The maximum atomic E-state index is 14.1. The van der Waals surface area contributed by atoms with Crippen molar-refractivity contribution in [2.45, 2.75) is 39.3 Å². The lowest BCUT2D eigenvalue weighted by Gasteiger charge is -2.28. The molecule has 1 heterocycles. The Morgan fingerprint density at radius 1 is 1.45 bits per heavy atom. The molecule has 4 nitrogen and oxygen atoms in total. The van der Waals surface area contributed by atoms with E-state index >= 15 is 0 Å². The first kappa shape index (κ1) is 14.8. The summed E-state index contributed by atoms with van der Waals surface area (Å²) in [6.07, 6.45) is 0.632. The molecular weight excluding hydrogens is 259 g/mol. The molecule has 110 valence electrons. The second-order valence-corrected chi connectivity index (χ2v) is 5.56. The lowest BCUT2D eigenvalue weighted by atomic mass is 9.95. The monoisotopic (exact) mass is 280 g/mol. The number of nitrogens with two attached hydrogens (primary N) is 1. The Morgan fingerprint density at radius 3 is 2.75 bits per heavy atom. The zero-order valence-corrected chi connectivity index (χ0v) is 12.1. The van der Waals surface area contributed by atoms with Gasteiger partial charge in [0.2, 0.25) is 5.91 Å². The molecule has 0 aromatic heterocycles. The van der Waals surface area contributed by atoms with Crippen LogP contribution in [-0.4, -0.2) is 12.5 Å². The first-order valence-corrected chi connectivity index (χ1v) is 6.92. The number of hydrogen-bond donors (Lipinski definition) is 2. The number of carbonyl (C=O) groups excluding carboxylic acids is 1. The maximum Gasteiger partial charge on any atom is 0.223 e. The lowest BCUT2D eigenvalue weighted by Crippen LogP contribution is -2.35. The van der Waals surface area contributed by atoms with Gasteiger partial charge in [0.05, 0.1) is 12.6 Å². The molecule has 0 radical (unpaired) electrons. The minimum Gasteiger partial charge on any atom is -0.490 e. The van der Waals surface area contributed by atoms with Crippen LogP contribution < -0.4 is 15.8 Å². The summed E-state index contributed by atoms with van der Waals surface area (Å²) in [5.74, 6) is -0.342. The summed E-state index contributed by atoms with van der Waals surface area (Å²) in [6, 6.07) is 2.74. The molecule has 0 aliphatic carbocycles. The van der Waals surface area contributed by atoms with Crippen molar-refractivity contribution in [3.63, 3.8) is 0 Å². The predicted octanol–water partition coefficient (Wildman–Crippen LogP) is 2.44. The quantitative estimate of drug-likeness (QED) is 0.893. The third-order valence-corrected chi connectivity index (χ3v) is 3.49. The Bertz CT molecular complexity index is 515. The summed E-state index contributed by atoms with van der Waals surface area (Å²) < 4.78 is 19.5. The molecule has 0 saturated carbocycles. The number of carbonyl (C=O) groups is 1. The molecule has 1 aliphatic rings. The molecule has 2 atom stereocenters. The van der Waals surface area contributed by atoms with E-state index in [2.05, 4.69) is 5.32 Å². The zero-order chi connectivity index (χ0) is 14.9. The van der Waals surface area contributed by atoms with E-state index in [-0.39, 0.29) is 29.7 Å². The molecule has 5 heteroatoms. The molecule has 0 bridgehead atoms. The van der Waals surface area contributed by atoms with Crippen LogP contribution in [-0.2, 0) is 4.79 Å². The Labute approximate surface area is 118 Å². The van der Waals surface area contributed by atoms with Crippen molar-refractivity contribution in [3.05, 3.63) is 29.1 Å². The van der Waals surface area contributed by atoms with E-state index < -0.39 is 5.82 Å². The smallest absolute Gasteiger partial charge is 0.223 e. The van der Waals surface area contributed by atoms with E-state index in [0.717, 1.165) is 0 Å².